The summed E-state index contributed by atoms with van der Waals surface area (Å²) in [4.78, 5) is 12.3. The minimum atomic E-state index is -0.180. The van der Waals surface area contributed by atoms with Gasteiger partial charge in [-0.3, -0.25) is 9.89 Å². The summed E-state index contributed by atoms with van der Waals surface area (Å²) in [6.45, 7) is 5.63. The van der Waals surface area contributed by atoms with Crippen molar-refractivity contribution in [1.82, 2.24) is 15.5 Å². The third-order valence-corrected chi connectivity index (χ3v) is 4.03. The van der Waals surface area contributed by atoms with E-state index in [0.29, 0.717) is 31.4 Å². The van der Waals surface area contributed by atoms with Crippen molar-refractivity contribution in [2.45, 2.75) is 40.0 Å². The van der Waals surface area contributed by atoms with E-state index in [9.17, 15) is 4.79 Å². The maximum absolute atomic E-state index is 12.3. The van der Waals surface area contributed by atoms with Crippen LogP contribution in [0.2, 0.25) is 0 Å². The number of amides is 1. The summed E-state index contributed by atoms with van der Waals surface area (Å²) in [6.07, 6.45) is 2.51. The lowest BCUT2D eigenvalue weighted by Crippen LogP contribution is -2.23. The number of hydrogen-bond acceptors (Lipinski definition) is 4. The average Bonchev–Trinajstić information content (AvgIpc) is 3.32. The number of nitrogens with zero attached hydrogens (tertiary/aromatic N) is 1. The molecule has 142 valence electrons. The first-order valence-electron chi connectivity index (χ1n) is 9.10. The van der Waals surface area contributed by atoms with Crippen molar-refractivity contribution in [1.29, 1.82) is 0 Å². The van der Waals surface area contributed by atoms with Gasteiger partial charge >= 0.3 is 0 Å². The van der Waals surface area contributed by atoms with Crippen molar-refractivity contribution in [3.05, 3.63) is 77.0 Å². The van der Waals surface area contributed by atoms with E-state index in [0.717, 1.165) is 29.0 Å². The Kier molecular flexibility index (Phi) is 6.44. The van der Waals surface area contributed by atoms with Gasteiger partial charge in [0.1, 0.15) is 18.1 Å². The molecule has 2 N–H and O–H groups in total. The van der Waals surface area contributed by atoms with Crippen LogP contribution in [0.5, 0.6) is 0 Å². The minimum absolute atomic E-state index is 0.180. The van der Waals surface area contributed by atoms with Gasteiger partial charge in [0.05, 0.1) is 12.9 Å². The molecule has 0 saturated carbocycles. The number of H-pyrrole nitrogens is 1. The zero-order valence-electron chi connectivity index (χ0n) is 15.7. The number of rotatable bonds is 9. The fourth-order valence-electron chi connectivity index (χ4n) is 2.79. The molecule has 0 unspecified atom stereocenters. The normalized spacial score (nSPS) is 11.1. The lowest BCUT2D eigenvalue weighted by atomic mass is 10.1. The van der Waals surface area contributed by atoms with Crippen LogP contribution >= 0.6 is 0 Å². The van der Waals surface area contributed by atoms with Crippen molar-refractivity contribution in [3.63, 3.8) is 0 Å². The van der Waals surface area contributed by atoms with Gasteiger partial charge in [0.15, 0.2) is 0 Å². The Morgan fingerprint density at radius 2 is 2.04 bits per heavy atom. The number of ether oxygens (including phenoxy) is 1. The highest BCUT2D eigenvalue weighted by molar-refractivity contribution is 5.92. The van der Waals surface area contributed by atoms with Crippen LogP contribution in [0.15, 0.2) is 53.1 Å². The lowest BCUT2D eigenvalue weighted by molar-refractivity contribution is 0.0928. The quantitative estimate of drug-likeness (QED) is 0.602. The SMILES string of the molecule is CC(C)Cc1cc(C(=O)NCc2cccc(COCc3ccco3)c2)n[nH]1. The second-order valence-electron chi connectivity index (χ2n) is 6.95. The van der Waals surface area contributed by atoms with Crippen LogP contribution in [-0.4, -0.2) is 16.1 Å². The number of carbonyl (C=O) groups excluding carboxylic acids is 1. The molecule has 2 aromatic heterocycles. The van der Waals surface area contributed by atoms with Crippen molar-refractivity contribution >= 4 is 5.91 Å². The Bertz CT molecular complexity index is 853. The van der Waals surface area contributed by atoms with Gasteiger partial charge in [-0.15, -0.1) is 0 Å². The molecule has 1 amide bonds. The summed E-state index contributed by atoms with van der Waals surface area (Å²) in [5.41, 5.74) is 3.46. The van der Waals surface area contributed by atoms with Gasteiger partial charge in [-0.05, 0) is 41.7 Å². The predicted molar refractivity (Wildman–Crippen MR) is 102 cm³/mol. The fraction of sp³-hybridized carbons (Fsp3) is 0.333. The summed E-state index contributed by atoms with van der Waals surface area (Å²) in [7, 11) is 0. The number of aromatic amines is 1. The molecule has 0 saturated heterocycles. The van der Waals surface area contributed by atoms with Crippen LogP contribution < -0.4 is 5.32 Å². The summed E-state index contributed by atoms with van der Waals surface area (Å²) in [5, 5.41) is 9.93. The van der Waals surface area contributed by atoms with Crippen LogP contribution in [0, 0.1) is 5.92 Å². The average molecular weight is 367 g/mol. The molecule has 3 rings (SSSR count). The van der Waals surface area contributed by atoms with Gasteiger partial charge in [-0.25, -0.2) is 0 Å². The first-order valence-corrected chi connectivity index (χ1v) is 9.10. The van der Waals surface area contributed by atoms with E-state index in [1.807, 2.05) is 42.5 Å². The molecule has 0 radical (unpaired) electrons. The Morgan fingerprint density at radius 3 is 2.81 bits per heavy atom. The Hall–Kier alpha value is -2.86. The van der Waals surface area contributed by atoms with Gasteiger partial charge in [-0.2, -0.15) is 5.10 Å². The molecule has 0 bridgehead atoms. The number of aromatic nitrogens is 2. The van der Waals surface area contributed by atoms with E-state index in [4.69, 9.17) is 9.15 Å². The molecule has 0 aliphatic heterocycles. The number of benzene rings is 1. The van der Waals surface area contributed by atoms with Gasteiger partial charge in [-0.1, -0.05) is 38.1 Å². The third-order valence-electron chi connectivity index (χ3n) is 4.03. The van der Waals surface area contributed by atoms with Crippen LogP contribution in [0.3, 0.4) is 0 Å². The Balaban J connectivity index is 1.48. The zero-order chi connectivity index (χ0) is 19.1. The van der Waals surface area contributed by atoms with Gasteiger partial charge < -0.3 is 14.5 Å². The molecule has 2 heterocycles. The van der Waals surface area contributed by atoms with Gasteiger partial charge in [0, 0.05) is 12.2 Å². The highest BCUT2D eigenvalue weighted by atomic mass is 16.5. The molecule has 3 aromatic rings. The van der Waals surface area contributed by atoms with E-state index in [1.54, 1.807) is 6.26 Å². The number of furan rings is 1. The third kappa shape index (κ3) is 5.82. The Labute approximate surface area is 158 Å². The molecule has 0 aliphatic carbocycles. The van der Waals surface area contributed by atoms with Crippen molar-refractivity contribution < 1.29 is 13.9 Å². The lowest BCUT2D eigenvalue weighted by Gasteiger charge is -2.07. The summed E-state index contributed by atoms with van der Waals surface area (Å²) in [5.74, 6) is 1.13. The van der Waals surface area contributed by atoms with E-state index in [2.05, 4.69) is 29.4 Å². The van der Waals surface area contributed by atoms with Gasteiger partial charge in [0.2, 0.25) is 0 Å². The van der Waals surface area contributed by atoms with Crippen LogP contribution in [0.25, 0.3) is 0 Å². The molecule has 1 aromatic carbocycles. The fourth-order valence-corrected chi connectivity index (χ4v) is 2.79. The molecule has 0 atom stereocenters. The first kappa shape index (κ1) is 18.9. The molecule has 0 spiro atoms. The van der Waals surface area contributed by atoms with Crippen molar-refractivity contribution in [3.8, 4) is 0 Å². The number of nitrogens with one attached hydrogen (secondary N) is 2. The molecule has 6 heteroatoms. The molecule has 0 aliphatic rings. The smallest absolute Gasteiger partial charge is 0.272 e. The predicted octanol–water partition coefficient (Wildman–Crippen LogP) is 3.85. The summed E-state index contributed by atoms with van der Waals surface area (Å²) < 4.78 is 10.9. The second kappa shape index (κ2) is 9.19. The highest BCUT2D eigenvalue weighted by Crippen LogP contribution is 2.10. The van der Waals surface area contributed by atoms with E-state index >= 15 is 0 Å². The first-order chi connectivity index (χ1) is 13.1. The zero-order valence-corrected chi connectivity index (χ0v) is 15.7. The van der Waals surface area contributed by atoms with E-state index < -0.39 is 0 Å². The minimum Gasteiger partial charge on any atom is -0.467 e. The number of carbonyl (C=O) groups is 1. The van der Waals surface area contributed by atoms with E-state index in [1.165, 1.54) is 0 Å². The molecular weight excluding hydrogens is 342 g/mol. The van der Waals surface area contributed by atoms with Crippen molar-refractivity contribution in [2.75, 3.05) is 0 Å². The summed E-state index contributed by atoms with van der Waals surface area (Å²) in [6, 6.07) is 13.5. The van der Waals surface area contributed by atoms with Crippen LogP contribution in [0.1, 0.15) is 46.9 Å². The molecule has 6 nitrogen and oxygen atoms in total. The van der Waals surface area contributed by atoms with Crippen LogP contribution in [0.4, 0.5) is 0 Å². The second-order valence-corrected chi connectivity index (χ2v) is 6.95. The van der Waals surface area contributed by atoms with Crippen LogP contribution in [-0.2, 0) is 30.9 Å². The Morgan fingerprint density at radius 1 is 1.19 bits per heavy atom. The largest absolute Gasteiger partial charge is 0.467 e. The maximum atomic E-state index is 12.3. The summed E-state index contributed by atoms with van der Waals surface area (Å²) >= 11 is 0. The highest BCUT2D eigenvalue weighted by Gasteiger charge is 2.11. The topological polar surface area (TPSA) is 80.2 Å². The molecule has 27 heavy (non-hydrogen) atoms. The number of hydrogen-bond donors (Lipinski definition) is 2. The van der Waals surface area contributed by atoms with Gasteiger partial charge in [0.25, 0.3) is 5.91 Å². The maximum Gasteiger partial charge on any atom is 0.272 e. The van der Waals surface area contributed by atoms with Crippen molar-refractivity contribution in [2.24, 2.45) is 5.92 Å². The molecule has 0 fully saturated rings. The molecular formula is C21H25N3O3. The monoisotopic (exact) mass is 367 g/mol. The van der Waals surface area contributed by atoms with E-state index in [-0.39, 0.29) is 5.91 Å². The standard InChI is InChI=1S/C21H25N3O3/c1-15(2)9-18-11-20(24-23-18)21(25)22-12-16-5-3-6-17(10-16)13-26-14-19-7-4-8-27-19/h3-8,10-11,15H,9,12-14H2,1-2H3,(H,22,25)(H,23,24).